The van der Waals surface area contributed by atoms with Crippen LogP contribution < -0.4 is 10.6 Å². The molecule has 2 unspecified atom stereocenters. The Hall–Kier alpha value is -0.590. The number of nitriles is 1. The number of nitrogens with zero attached hydrogens (tertiary/aromatic N) is 1. The van der Waals surface area contributed by atoms with Crippen molar-refractivity contribution in [2.75, 3.05) is 13.1 Å². The van der Waals surface area contributed by atoms with Crippen LogP contribution >= 0.6 is 0 Å². The first-order chi connectivity index (χ1) is 6.27. The van der Waals surface area contributed by atoms with E-state index in [1.54, 1.807) is 0 Å². The monoisotopic (exact) mass is 179 g/mol. The maximum Gasteiger partial charge on any atom is 0.111 e. The lowest BCUT2D eigenvalue weighted by Crippen LogP contribution is -2.57. The molecular weight excluding hydrogens is 162 g/mol. The SMILES string of the molecule is CC1CNCCC1(C#N)NC1CC1. The molecule has 1 aliphatic carbocycles. The summed E-state index contributed by atoms with van der Waals surface area (Å²) in [6.45, 7) is 4.09. The lowest BCUT2D eigenvalue weighted by molar-refractivity contribution is 0.225. The molecule has 3 nitrogen and oxygen atoms in total. The van der Waals surface area contributed by atoms with E-state index in [2.05, 4.69) is 23.6 Å². The van der Waals surface area contributed by atoms with Crippen LogP contribution in [0.3, 0.4) is 0 Å². The number of hydrogen-bond acceptors (Lipinski definition) is 3. The summed E-state index contributed by atoms with van der Waals surface area (Å²) < 4.78 is 0. The topological polar surface area (TPSA) is 47.9 Å². The lowest BCUT2D eigenvalue weighted by atomic mass is 9.80. The van der Waals surface area contributed by atoms with Crippen LogP contribution in [-0.4, -0.2) is 24.7 Å². The Labute approximate surface area is 79.5 Å². The average Bonchev–Trinajstić information content (AvgIpc) is 2.93. The quantitative estimate of drug-likeness (QED) is 0.653. The van der Waals surface area contributed by atoms with Gasteiger partial charge in [0.1, 0.15) is 5.54 Å². The summed E-state index contributed by atoms with van der Waals surface area (Å²) in [5.41, 5.74) is -0.244. The van der Waals surface area contributed by atoms with Gasteiger partial charge in [-0.05, 0) is 25.8 Å². The molecule has 1 heterocycles. The summed E-state index contributed by atoms with van der Waals surface area (Å²) in [6, 6.07) is 3.11. The number of nitrogens with one attached hydrogen (secondary N) is 2. The van der Waals surface area contributed by atoms with Crippen molar-refractivity contribution in [1.29, 1.82) is 5.26 Å². The Morgan fingerprint density at radius 3 is 2.85 bits per heavy atom. The second-order valence-corrected chi connectivity index (χ2v) is 4.36. The van der Waals surface area contributed by atoms with Crippen molar-refractivity contribution >= 4 is 0 Å². The van der Waals surface area contributed by atoms with E-state index in [-0.39, 0.29) is 5.54 Å². The lowest BCUT2D eigenvalue weighted by Gasteiger charge is -2.38. The Bertz CT molecular complexity index is 229. The average molecular weight is 179 g/mol. The summed E-state index contributed by atoms with van der Waals surface area (Å²) >= 11 is 0. The second-order valence-electron chi connectivity index (χ2n) is 4.36. The van der Waals surface area contributed by atoms with E-state index in [1.165, 1.54) is 12.8 Å². The van der Waals surface area contributed by atoms with Crippen LogP contribution in [0.25, 0.3) is 0 Å². The summed E-state index contributed by atoms with van der Waals surface area (Å²) in [6.07, 6.45) is 3.45. The zero-order valence-electron chi connectivity index (χ0n) is 8.14. The second kappa shape index (κ2) is 3.28. The molecule has 2 N–H and O–H groups in total. The van der Waals surface area contributed by atoms with Gasteiger partial charge in [0.25, 0.3) is 0 Å². The molecule has 1 saturated carbocycles. The largest absolute Gasteiger partial charge is 0.316 e. The fraction of sp³-hybridized carbons (Fsp3) is 0.900. The van der Waals surface area contributed by atoms with Gasteiger partial charge in [0, 0.05) is 18.5 Å². The highest BCUT2D eigenvalue weighted by atomic mass is 15.1. The van der Waals surface area contributed by atoms with Crippen LogP contribution in [0.2, 0.25) is 0 Å². The van der Waals surface area contributed by atoms with Gasteiger partial charge in [-0.15, -0.1) is 0 Å². The molecule has 0 bridgehead atoms. The van der Waals surface area contributed by atoms with Crippen molar-refractivity contribution in [1.82, 2.24) is 10.6 Å². The highest BCUT2D eigenvalue weighted by Gasteiger charge is 2.42. The van der Waals surface area contributed by atoms with Crippen LogP contribution in [0.1, 0.15) is 26.2 Å². The molecule has 0 aromatic carbocycles. The summed E-state index contributed by atoms with van der Waals surface area (Å²) in [4.78, 5) is 0. The predicted octanol–water partition coefficient (Wildman–Crippen LogP) is 0.630. The van der Waals surface area contributed by atoms with E-state index in [9.17, 15) is 5.26 Å². The summed E-state index contributed by atoms with van der Waals surface area (Å²) in [5.74, 6) is 0.423. The molecule has 0 aromatic rings. The highest BCUT2D eigenvalue weighted by Crippen LogP contribution is 2.29. The first-order valence-corrected chi connectivity index (χ1v) is 5.16. The van der Waals surface area contributed by atoms with Crippen molar-refractivity contribution in [2.24, 2.45) is 5.92 Å². The third-order valence-corrected chi connectivity index (χ3v) is 3.23. The van der Waals surface area contributed by atoms with Gasteiger partial charge in [-0.25, -0.2) is 0 Å². The molecule has 0 spiro atoms. The van der Waals surface area contributed by atoms with E-state index in [1.807, 2.05) is 0 Å². The fourth-order valence-corrected chi connectivity index (χ4v) is 2.03. The van der Waals surface area contributed by atoms with E-state index in [0.717, 1.165) is 19.5 Å². The molecule has 2 aliphatic rings. The van der Waals surface area contributed by atoms with Crippen LogP contribution in [0.4, 0.5) is 0 Å². The van der Waals surface area contributed by atoms with E-state index in [4.69, 9.17) is 0 Å². The highest BCUT2D eigenvalue weighted by molar-refractivity contribution is 5.14. The maximum atomic E-state index is 9.25. The molecule has 1 saturated heterocycles. The Morgan fingerprint density at radius 1 is 1.54 bits per heavy atom. The van der Waals surface area contributed by atoms with Crippen LogP contribution in [0.5, 0.6) is 0 Å². The minimum absolute atomic E-state index is 0.244. The predicted molar refractivity (Wildman–Crippen MR) is 51.2 cm³/mol. The molecule has 0 radical (unpaired) electrons. The van der Waals surface area contributed by atoms with Gasteiger partial charge in [0.05, 0.1) is 6.07 Å². The van der Waals surface area contributed by atoms with Gasteiger partial charge < -0.3 is 5.32 Å². The van der Waals surface area contributed by atoms with Gasteiger partial charge in [-0.3, -0.25) is 5.32 Å². The molecule has 2 rings (SSSR count). The smallest absolute Gasteiger partial charge is 0.111 e. The minimum Gasteiger partial charge on any atom is -0.316 e. The van der Waals surface area contributed by atoms with E-state index in [0.29, 0.717) is 12.0 Å². The van der Waals surface area contributed by atoms with Crippen molar-refractivity contribution < 1.29 is 0 Å². The molecule has 0 aromatic heterocycles. The summed E-state index contributed by atoms with van der Waals surface area (Å²) in [5, 5.41) is 16.1. The van der Waals surface area contributed by atoms with Crippen LogP contribution in [0.15, 0.2) is 0 Å². The molecule has 2 fully saturated rings. The Kier molecular flexibility index (Phi) is 2.27. The molecule has 0 amide bonds. The normalized spacial score (nSPS) is 39.8. The number of hydrogen-bond donors (Lipinski definition) is 2. The molecule has 13 heavy (non-hydrogen) atoms. The van der Waals surface area contributed by atoms with Crippen molar-refractivity contribution in [3.05, 3.63) is 0 Å². The van der Waals surface area contributed by atoms with Crippen LogP contribution in [0, 0.1) is 17.2 Å². The molecule has 2 atom stereocenters. The van der Waals surface area contributed by atoms with Crippen molar-refractivity contribution in [3.8, 4) is 6.07 Å². The molecular formula is C10H17N3. The maximum absolute atomic E-state index is 9.25. The molecule has 1 aliphatic heterocycles. The van der Waals surface area contributed by atoms with Crippen molar-refractivity contribution in [3.63, 3.8) is 0 Å². The zero-order chi connectivity index (χ0) is 9.31. The zero-order valence-corrected chi connectivity index (χ0v) is 8.14. The van der Waals surface area contributed by atoms with E-state index >= 15 is 0 Å². The van der Waals surface area contributed by atoms with Gasteiger partial charge in [0.2, 0.25) is 0 Å². The molecule has 3 heteroatoms. The third-order valence-electron chi connectivity index (χ3n) is 3.23. The summed E-state index contributed by atoms with van der Waals surface area (Å²) in [7, 11) is 0. The fourth-order valence-electron chi connectivity index (χ4n) is 2.03. The van der Waals surface area contributed by atoms with Crippen LogP contribution in [-0.2, 0) is 0 Å². The number of piperidine rings is 1. The first kappa shape index (κ1) is 8.98. The minimum atomic E-state index is -0.244. The number of rotatable bonds is 2. The Morgan fingerprint density at radius 2 is 2.31 bits per heavy atom. The standard InChI is InChI=1S/C10H17N3/c1-8-6-12-5-4-10(8,7-11)13-9-2-3-9/h8-9,12-13H,2-6H2,1H3. The third kappa shape index (κ3) is 1.70. The molecule has 72 valence electrons. The van der Waals surface area contributed by atoms with Crippen molar-refractivity contribution in [2.45, 2.75) is 37.8 Å². The van der Waals surface area contributed by atoms with Gasteiger partial charge in [0.15, 0.2) is 0 Å². The van der Waals surface area contributed by atoms with Gasteiger partial charge >= 0.3 is 0 Å². The van der Waals surface area contributed by atoms with E-state index < -0.39 is 0 Å². The van der Waals surface area contributed by atoms with Gasteiger partial charge in [-0.1, -0.05) is 6.92 Å². The first-order valence-electron chi connectivity index (χ1n) is 5.16. The van der Waals surface area contributed by atoms with Gasteiger partial charge in [-0.2, -0.15) is 5.26 Å². The Balaban J connectivity index is 2.06.